The summed E-state index contributed by atoms with van der Waals surface area (Å²) >= 11 is 3.67. The number of unbranched alkanes of at least 4 members (excludes halogenated alkanes) is 5. The molecule has 0 heterocycles. The van der Waals surface area contributed by atoms with Gasteiger partial charge < -0.3 is 9.47 Å². The van der Waals surface area contributed by atoms with Gasteiger partial charge in [-0.2, -0.15) is 0 Å². The molecular weight excluding hydrogens is 723 g/mol. The van der Waals surface area contributed by atoms with Gasteiger partial charge in [0.25, 0.3) is 0 Å². The molecule has 0 unspecified atom stereocenters. The Bertz CT molecular complexity index is 1210. The van der Waals surface area contributed by atoms with Crippen molar-refractivity contribution in [2.24, 2.45) is 35.5 Å². The monoisotopic (exact) mass is 799 g/mol. The van der Waals surface area contributed by atoms with Crippen LogP contribution in [-0.2, 0) is 20.7 Å². The highest BCUT2D eigenvalue weighted by Crippen LogP contribution is 2.50. The fourth-order valence-electron chi connectivity index (χ4n) is 11.9. The lowest BCUT2D eigenvalue weighted by molar-refractivity contribution is -0.0917. The van der Waals surface area contributed by atoms with E-state index in [1.54, 1.807) is 0 Å². The summed E-state index contributed by atoms with van der Waals surface area (Å²) in [5, 5.41) is 0. The second kappa shape index (κ2) is 21.6. The first kappa shape index (κ1) is 42.5. The molecule has 4 aliphatic rings. The predicted molar refractivity (Wildman–Crippen MR) is 234 cm³/mol. The lowest BCUT2D eigenvalue weighted by atomic mass is 9.66. The van der Waals surface area contributed by atoms with Gasteiger partial charge in [-0.3, -0.25) is 0 Å². The Kier molecular flexibility index (Phi) is 17.0. The molecule has 4 heteroatoms. The van der Waals surface area contributed by atoms with E-state index >= 15 is 0 Å². The number of hydrogen-bond donors (Lipinski definition) is 0. The minimum absolute atomic E-state index is 0.0956. The van der Waals surface area contributed by atoms with Gasteiger partial charge in [0.1, 0.15) is 7.85 Å². The Balaban J connectivity index is 0.899. The van der Waals surface area contributed by atoms with Crippen molar-refractivity contribution in [1.29, 1.82) is 0 Å². The highest BCUT2D eigenvalue weighted by Gasteiger charge is 2.42. The molecule has 0 bridgehead atoms. The lowest BCUT2D eigenvalue weighted by Crippen LogP contribution is -2.37. The lowest BCUT2D eigenvalue weighted by Gasteiger charge is -2.44. The van der Waals surface area contributed by atoms with Crippen LogP contribution in [0.3, 0.4) is 0 Å². The molecular formula is C50H76BBrO2. The molecule has 2 radical (unpaired) electrons. The van der Waals surface area contributed by atoms with Crippen LogP contribution < -0.4 is 5.46 Å². The Morgan fingerprint density at radius 1 is 0.500 bits per heavy atom. The van der Waals surface area contributed by atoms with Gasteiger partial charge in [-0.25, -0.2) is 0 Å². The molecule has 54 heavy (non-hydrogen) atoms. The number of rotatable bonds is 19. The maximum absolute atomic E-state index is 6.97. The van der Waals surface area contributed by atoms with E-state index in [4.69, 9.17) is 17.3 Å². The van der Waals surface area contributed by atoms with E-state index in [0.29, 0.717) is 0 Å². The van der Waals surface area contributed by atoms with E-state index in [1.807, 2.05) is 0 Å². The number of benzene rings is 2. The van der Waals surface area contributed by atoms with E-state index < -0.39 is 0 Å². The molecule has 0 amide bonds. The van der Waals surface area contributed by atoms with Crippen molar-refractivity contribution in [2.75, 3.05) is 13.2 Å². The maximum Gasteiger partial charge on any atom is 0.113 e. The van der Waals surface area contributed by atoms with Crippen molar-refractivity contribution >= 4 is 29.2 Å². The van der Waals surface area contributed by atoms with Crippen molar-refractivity contribution in [3.63, 3.8) is 0 Å². The molecule has 4 saturated carbocycles. The van der Waals surface area contributed by atoms with Gasteiger partial charge in [-0.05, 0) is 149 Å². The minimum atomic E-state index is -0.126. The van der Waals surface area contributed by atoms with E-state index in [2.05, 4.69) is 78.3 Å². The van der Waals surface area contributed by atoms with Crippen molar-refractivity contribution in [3.8, 4) is 0 Å². The van der Waals surface area contributed by atoms with Gasteiger partial charge in [-0.15, -0.1) is 0 Å². The van der Waals surface area contributed by atoms with Gasteiger partial charge in [0.05, 0.1) is 11.2 Å². The fourth-order valence-corrected chi connectivity index (χ4v) is 12.2. The van der Waals surface area contributed by atoms with Gasteiger partial charge in [0.2, 0.25) is 0 Å². The van der Waals surface area contributed by atoms with E-state index in [0.717, 1.165) is 65.1 Å². The summed E-state index contributed by atoms with van der Waals surface area (Å²) in [6.45, 7) is 6.47. The maximum atomic E-state index is 6.97. The fraction of sp³-hybridized carbons (Fsp3) is 0.760. The van der Waals surface area contributed by atoms with Crippen LogP contribution >= 0.6 is 15.9 Å². The van der Waals surface area contributed by atoms with Crippen LogP contribution in [0, 0.1) is 35.5 Å². The third kappa shape index (κ3) is 11.7. The van der Waals surface area contributed by atoms with Crippen molar-refractivity contribution in [1.82, 2.24) is 0 Å². The smallest absolute Gasteiger partial charge is 0.113 e. The zero-order valence-corrected chi connectivity index (χ0v) is 36.2. The van der Waals surface area contributed by atoms with Crippen LogP contribution in [0.25, 0.3) is 0 Å². The SMILES string of the molecule is [B]c1ccc(C2(OCCCCCCCCOC3(c4ccc(Br)cc4)CCC(C4CCC(CCC)CC4)CC3)CCC(C3CCC(CCC)CC3)CC2)cc1. The molecule has 0 N–H and O–H groups in total. The molecule has 0 spiro atoms. The summed E-state index contributed by atoms with van der Waals surface area (Å²) in [4.78, 5) is 0. The first-order chi connectivity index (χ1) is 26.4. The van der Waals surface area contributed by atoms with Crippen LogP contribution in [0.1, 0.15) is 192 Å². The number of ether oxygens (including phenoxy) is 2. The van der Waals surface area contributed by atoms with Gasteiger partial charge in [0.15, 0.2) is 0 Å². The summed E-state index contributed by atoms with van der Waals surface area (Å²) in [7, 11) is 6.12. The van der Waals surface area contributed by atoms with Crippen LogP contribution in [0.2, 0.25) is 0 Å². The second-order valence-corrected chi connectivity index (χ2v) is 19.7. The molecule has 2 aromatic rings. The average molecular weight is 800 g/mol. The first-order valence-electron chi connectivity index (χ1n) is 23.3. The van der Waals surface area contributed by atoms with Crippen LogP contribution in [0.15, 0.2) is 53.0 Å². The Morgan fingerprint density at radius 3 is 1.24 bits per heavy atom. The molecule has 298 valence electrons. The van der Waals surface area contributed by atoms with Crippen LogP contribution in [-0.4, -0.2) is 21.1 Å². The summed E-state index contributed by atoms with van der Waals surface area (Å²) in [5.41, 5.74) is 3.38. The van der Waals surface area contributed by atoms with Crippen molar-refractivity contribution < 1.29 is 9.47 Å². The normalized spacial score (nSPS) is 32.1. The van der Waals surface area contributed by atoms with Crippen molar-refractivity contribution in [3.05, 3.63) is 64.1 Å². The van der Waals surface area contributed by atoms with E-state index in [-0.39, 0.29) is 11.2 Å². The molecule has 0 saturated heterocycles. The topological polar surface area (TPSA) is 18.5 Å². The molecule has 0 atom stereocenters. The largest absolute Gasteiger partial charge is 0.370 e. The Hall–Kier alpha value is -1.10. The highest BCUT2D eigenvalue weighted by molar-refractivity contribution is 9.10. The zero-order valence-electron chi connectivity index (χ0n) is 34.7. The quantitative estimate of drug-likeness (QED) is 0.104. The summed E-state index contributed by atoms with van der Waals surface area (Å²) in [6, 6.07) is 17.7. The summed E-state index contributed by atoms with van der Waals surface area (Å²) < 4.78 is 15.1. The van der Waals surface area contributed by atoms with Crippen LogP contribution in [0.5, 0.6) is 0 Å². The van der Waals surface area contributed by atoms with Crippen molar-refractivity contribution in [2.45, 2.75) is 192 Å². The second-order valence-electron chi connectivity index (χ2n) is 18.7. The molecule has 0 aliphatic heterocycles. The zero-order chi connectivity index (χ0) is 37.6. The summed E-state index contributed by atoms with van der Waals surface area (Å²) in [5.74, 6) is 5.69. The number of hydrogen-bond acceptors (Lipinski definition) is 2. The molecule has 6 rings (SSSR count). The minimum Gasteiger partial charge on any atom is -0.370 e. The van der Waals surface area contributed by atoms with E-state index in [1.165, 1.54) is 172 Å². The molecule has 2 aromatic carbocycles. The molecule has 2 nitrogen and oxygen atoms in total. The predicted octanol–water partition coefficient (Wildman–Crippen LogP) is 14.3. The Morgan fingerprint density at radius 2 is 0.852 bits per heavy atom. The highest BCUT2D eigenvalue weighted by atomic mass is 79.9. The third-order valence-electron chi connectivity index (χ3n) is 15.3. The van der Waals surface area contributed by atoms with E-state index in [9.17, 15) is 0 Å². The standard InChI is InChI=1S/C50H76BBrO2/c1-3-11-39-13-17-41(18-14-39)43-29-33-49(34-30-43,45-21-25-47(51)26-22-45)53-37-9-7-5-6-8-10-38-54-50(46-23-27-48(52)28-24-46)35-31-44(32-36-50)42-19-15-40(12-4-2)16-20-42/h21-28,39-44H,3-20,29-38H2,1-2H3. The molecule has 4 aliphatic carbocycles. The van der Waals surface area contributed by atoms with Crippen LogP contribution in [0.4, 0.5) is 0 Å². The van der Waals surface area contributed by atoms with Gasteiger partial charge in [0, 0.05) is 17.7 Å². The molecule has 4 fully saturated rings. The van der Waals surface area contributed by atoms with Gasteiger partial charge >= 0.3 is 0 Å². The average Bonchev–Trinajstić information content (AvgIpc) is 3.20. The molecule has 0 aromatic heterocycles. The summed E-state index contributed by atoms with van der Waals surface area (Å²) in [6.07, 6.45) is 34.8. The van der Waals surface area contributed by atoms with Gasteiger partial charge in [-0.1, -0.05) is 149 Å². The Labute approximate surface area is 342 Å². The number of halogens is 1. The third-order valence-corrected chi connectivity index (χ3v) is 15.8. The first-order valence-corrected chi connectivity index (χ1v) is 24.1.